The van der Waals surface area contributed by atoms with Crippen molar-refractivity contribution in [3.8, 4) is 0 Å². The lowest BCUT2D eigenvalue weighted by Gasteiger charge is -2.24. The Morgan fingerprint density at radius 3 is 1.22 bits per heavy atom. The number of allylic oxidation sites excluding steroid dienone is 10. The molecule has 0 bridgehead atoms. The van der Waals surface area contributed by atoms with Gasteiger partial charge in [0.25, 0.3) is 0 Å². The number of ether oxygens (including phenoxy) is 1. The second kappa shape index (κ2) is 56.5. The first-order valence-electron chi connectivity index (χ1n) is 30.0. The number of hydrogen-bond acceptors (Lipinski definition) is 5. The van der Waals surface area contributed by atoms with Crippen molar-refractivity contribution in [3.63, 3.8) is 0 Å². The molecule has 0 radical (unpaired) electrons. The third-order valence-electron chi connectivity index (χ3n) is 13.6. The molecule has 3 unspecified atom stereocenters. The molecule has 0 saturated heterocycles. The molecule has 1 amide bonds. The summed E-state index contributed by atoms with van der Waals surface area (Å²) in [5.41, 5.74) is 0. The predicted octanol–water partition coefficient (Wildman–Crippen LogP) is 18.7. The van der Waals surface area contributed by atoms with Crippen molar-refractivity contribution in [3.05, 3.63) is 60.8 Å². The monoisotopic (exact) mass is 966 g/mol. The number of hydrogen-bond donors (Lipinski definition) is 3. The highest BCUT2D eigenvalue weighted by atomic mass is 16.5. The maximum Gasteiger partial charge on any atom is 0.306 e. The van der Waals surface area contributed by atoms with Crippen LogP contribution in [0.3, 0.4) is 0 Å². The van der Waals surface area contributed by atoms with Gasteiger partial charge in [-0.15, -0.1) is 0 Å². The Balaban J connectivity index is 4.52. The van der Waals surface area contributed by atoms with E-state index in [9.17, 15) is 19.8 Å². The van der Waals surface area contributed by atoms with Gasteiger partial charge in [-0.2, -0.15) is 0 Å². The smallest absolute Gasteiger partial charge is 0.306 e. The minimum absolute atomic E-state index is 0.0609. The van der Waals surface area contributed by atoms with E-state index in [2.05, 4.69) is 86.8 Å². The third-order valence-corrected chi connectivity index (χ3v) is 13.6. The molecule has 0 fully saturated rings. The Hall–Kier alpha value is -2.44. The van der Waals surface area contributed by atoms with Crippen molar-refractivity contribution < 1.29 is 24.5 Å². The summed E-state index contributed by atoms with van der Waals surface area (Å²) >= 11 is 0. The molecule has 6 heteroatoms. The Labute approximate surface area is 428 Å². The second-order valence-electron chi connectivity index (χ2n) is 20.4. The second-order valence-corrected chi connectivity index (χ2v) is 20.4. The van der Waals surface area contributed by atoms with Crippen LogP contribution in [0.15, 0.2) is 60.8 Å². The summed E-state index contributed by atoms with van der Waals surface area (Å²) < 4.78 is 5.96. The highest BCUT2D eigenvalue weighted by Crippen LogP contribution is 2.18. The number of nitrogens with one attached hydrogen (secondary N) is 1. The zero-order valence-electron chi connectivity index (χ0n) is 45.9. The largest absolute Gasteiger partial charge is 0.462 e. The van der Waals surface area contributed by atoms with Gasteiger partial charge in [-0.05, 0) is 89.9 Å². The number of aliphatic hydroxyl groups is 2. The minimum Gasteiger partial charge on any atom is -0.462 e. The summed E-state index contributed by atoms with van der Waals surface area (Å²) in [6.45, 7) is 6.37. The molecule has 69 heavy (non-hydrogen) atoms. The molecule has 0 aliphatic rings. The fourth-order valence-electron chi connectivity index (χ4n) is 9.07. The van der Waals surface area contributed by atoms with Crippen LogP contribution in [0.2, 0.25) is 0 Å². The standard InChI is InChI=1S/C63H115NO5/c1-4-7-10-13-16-19-22-25-28-30-31-33-35-38-41-44-47-50-53-56-63(68)69-59(54-51-48-45-42-39-36-27-24-21-18-15-12-9-6-3)57-62(67)64-60(58-65)61(66)55-52-49-46-43-40-37-34-32-29-26-23-20-17-14-11-8-5-2/h9,12,16,18-19,21,25,27-28,36,59-61,65-66H,4-8,10-11,13-15,17,20,22-24,26,29-35,37-58H2,1-3H3,(H,64,67)/b12-9+,19-16-,21-18+,28-25-,36-27+. The summed E-state index contributed by atoms with van der Waals surface area (Å²) in [7, 11) is 0. The molecule has 0 aromatic heterocycles. The maximum atomic E-state index is 13.3. The molecule has 6 nitrogen and oxygen atoms in total. The van der Waals surface area contributed by atoms with Gasteiger partial charge in [0, 0.05) is 6.42 Å². The lowest BCUT2D eigenvalue weighted by atomic mass is 10.0. The van der Waals surface area contributed by atoms with Gasteiger partial charge in [0.15, 0.2) is 0 Å². The number of unbranched alkanes of at least 4 members (excludes halogenated alkanes) is 32. The van der Waals surface area contributed by atoms with Crippen LogP contribution in [0.4, 0.5) is 0 Å². The van der Waals surface area contributed by atoms with Gasteiger partial charge in [0.1, 0.15) is 6.10 Å². The van der Waals surface area contributed by atoms with Crippen LogP contribution in [0.5, 0.6) is 0 Å². The highest BCUT2D eigenvalue weighted by molar-refractivity contribution is 5.77. The highest BCUT2D eigenvalue weighted by Gasteiger charge is 2.24. The lowest BCUT2D eigenvalue weighted by Crippen LogP contribution is -2.46. The van der Waals surface area contributed by atoms with Crippen LogP contribution >= 0.6 is 0 Å². The molecule has 0 spiro atoms. The van der Waals surface area contributed by atoms with E-state index in [0.717, 1.165) is 96.3 Å². The Morgan fingerprint density at radius 1 is 0.435 bits per heavy atom. The zero-order chi connectivity index (χ0) is 50.2. The Morgan fingerprint density at radius 2 is 0.783 bits per heavy atom. The quantitative estimate of drug-likeness (QED) is 0.0321. The topological polar surface area (TPSA) is 95.9 Å². The Bertz CT molecular complexity index is 1220. The van der Waals surface area contributed by atoms with Crippen LogP contribution in [-0.2, 0) is 14.3 Å². The first kappa shape index (κ1) is 66.6. The van der Waals surface area contributed by atoms with E-state index in [1.807, 2.05) is 0 Å². The molecular weight excluding hydrogens is 851 g/mol. The zero-order valence-corrected chi connectivity index (χ0v) is 45.9. The minimum atomic E-state index is -0.797. The number of esters is 1. The molecule has 0 heterocycles. The average Bonchev–Trinajstić information content (AvgIpc) is 3.34. The van der Waals surface area contributed by atoms with E-state index < -0.39 is 18.2 Å². The van der Waals surface area contributed by atoms with Gasteiger partial charge >= 0.3 is 5.97 Å². The average molecular weight is 967 g/mol. The van der Waals surface area contributed by atoms with Gasteiger partial charge in [0.05, 0.1) is 25.2 Å². The molecule has 3 atom stereocenters. The van der Waals surface area contributed by atoms with Crippen molar-refractivity contribution in [2.24, 2.45) is 0 Å². The van der Waals surface area contributed by atoms with Crippen molar-refractivity contribution in [1.29, 1.82) is 0 Å². The molecule has 0 aromatic carbocycles. The third kappa shape index (κ3) is 51.7. The number of rotatable bonds is 54. The van der Waals surface area contributed by atoms with E-state index in [1.165, 1.54) is 161 Å². The number of amides is 1. The molecular formula is C63H115NO5. The molecule has 0 saturated carbocycles. The van der Waals surface area contributed by atoms with Gasteiger partial charge < -0.3 is 20.3 Å². The van der Waals surface area contributed by atoms with Gasteiger partial charge in [-0.3, -0.25) is 9.59 Å². The fraction of sp³-hybridized carbons (Fsp3) is 0.810. The van der Waals surface area contributed by atoms with Crippen LogP contribution in [0.1, 0.15) is 303 Å². The molecule has 0 aromatic rings. The van der Waals surface area contributed by atoms with Gasteiger partial charge in [0.2, 0.25) is 5.91 Å². The molecule has 3 N–H and O–H groups in total. The van der Waals surface area contributed by atoms with E-state index in [4.69, 9.17) is 4.74 Å². The summed E-state index contributed by atoms with van der Waals surface area (Å²) in [5, 5.41) is 23.9. The van der Waals surface area contributed by atoms with Crippen molar-refractivity contribution in [1.82, 2.24) is 5.32 Å². The van der Waals surface area contributed by atoms with Gasteiger partial charge in [-0.25, -0.2) is 0 Å². The van der Waals surface area contributed by atoms with E-state index in [1.54, 1.807) is 0 Å². The fourth-order valence-corrected chi connectivity index (χ4v) is 9.07. The predicted molar refractivity (Wildman–Crippen MR) is 301 cm³/mol. The van der Waals surface area contributed by atoms with E-state index in [-0.39, 0.29) is 24.9 Å². The lowest BCUT2D eigenvalue weighted by molar-refractivity contribution is -0.151. The normalized spacial score (nSPS) is 13.5. The molecule has 0 rings (SSSR count). The van der Waals surface area contributed by atoms with E-state index >= 15 is 0 Å². The summed E-state index contributed by atoms with van der Waals surface area (Å²) in [4.78, 5) is 26.3. The van der Waals surface area contributed by atoms with Crippen molar-refractivity contribution in [2.75, 3.05) is 6.61 Å². The molecule has 0 aliphatic heterocycles. The number of aliphatic hydroxyl groups excluding tert-OH is 2. The van der Waals surface area contributed by atoms with Crippen LogP contribution in [-0.4, -0.2) is 46.9 Å². The maximum absolute atomic E-state index is 13.3. The summed E-state index contributed by atoms with van der Waals surface area (Å²) in [6.07, 6.45) is 71.5. The summed E-state index contributed by atoms with van der Waals surface area (Å²) in [6, 6.07) is -0.712. The van der Waals surface area contributed by atoms with Crippen LogP contribution < -0.4 is 5.32 Å². The van der Waals surface area contributed by atoms with E-state index in [0.29, 0.717) is 19.3 Å². The van der Waals surface area contributed by atoms with Crippen molar-refractivity contribution in [2.45, 2.75) is 322 Å². The number of carbonyl (C=O) groups excluding carboxylic acids is 2. The first-order valence-corrected chi connectivity index (χ1v) is 30.0. The SMILES string of the molecule is CC/C=C/C/C=C/C/C=C/CCCCCCC(CC(=O)NC(CO)C(O)CCCCCCCCCCCCCCCCCCC)OC(=O)CCCCCCCCCCC/C=C\C/C=C\CCCCC. The van der Waals surface area contributed by atoms with Crippen molar-refractivity contribution >= 4 is 11.9 Å². The Kier molecular flexibility index (Phi) is 54.5. The number of carbonyl (C=O) groups is 2. The van der Waals surface area contributed by atoms with Gasteiger partial charge in [-0.1, -0.05) is 261 Å². The van der Waals surface area contributed by atoms with Crippen LogP contribution in [0.25, 0.3) is 0 Å². The summed E-state index contributed by atoms with van der Waals surface area (Å²) in [5.74, 6) is -0.491. The molecule has 402 valence electrons. The first-order chi connectivity index (χ1) is 34.0. The van der Waals surface area contributed by atoms with Crippen LogP contribution in [0, 0.1) is 0 Å². The molecule has 0 aliphatic carbocycles.